The topological polar surface area (TPSA) is 126 Å². The van der Waals surface area contributed by atoms with Gasteiger partial charge in [-0.2, -0.15) is 0 Å². The number of benzene rings is 3. The molecular formula is C42H48N2O8SSi. The number of hydroxylamine groups is 1. The number of ether oxygens (including phenoxy) is 1. The van der Waals surface area contributed by atoms with Crippen LogP contribution in [0.2, 0.25) is 5.04 Å². The number of nitrogens with one attached hydrogen (secondary N) is 1. The third kappa shape index (κ3) is 8.29. The van der Waals surface area contributed by atoms with Crippen molar-refractivity contribution in [1.82, 2.24) is 10.0 Å². The van der Waals surface area contributed by atoms with Gasteiger partial charge in [0.2, 0.25) is 0 Å². The van der Waals surface area contributed by atoms with Gasteiger partial charge in [0.25, 0.3) is 14.2 Å². The summed E-state index contributed by atoms with van der Waals surface area (Å²) in [4.78, 5) is 31.4. The number of carbonyl (C=O) groups excluding carboxylic acids is 1. The number of oxazole rings is 1. The summed E-state index contributed by atoms with van der Waals surface area (Å²) in [6, 6.07) is 26.2. The van der Waals surface area contributed by atoms with E-state index >= 15 is 0 Å². The van der Waals surface area contributed by atoms with Crippen LogP contribution in [-0.2, 0) is 35.2 Å². The minimum Gasteiger partial charge on any atom is -0.408 e. The first kappa shape index (κ1) is 39.3. The van der Waals surface area contributed by atoms with Crippen molar-refractivity contribution in [3.63, 3.8) is 0 Å². The highest BCUT2D eigenvalue weighted by Gasteiger charge is 2.53. The third-order valence-corrected chi connectivity index (χ3v) is 17.6. The zero-order chi connectivity index (χ0) is 38.6. The summed E-state index contributed by atoms with van der Waals surface area (Å²) in [5.41, 5.74) is 3.37. The summed E-state index contributed by atoms with van der Waals surface area (Å²) in [5.74, 6) is 11.0. The van der Waals surface area contributed by atoms with Gasteiger partial charge in [-0.3, -0.25) is 9.36 Å². The molecule has 1 saturated carbocycles. The summed E-state index contributed by atoms with van der Waals surface area (Å²) >= 11 is 0. The zero-order valence-corrected chi connectivity index (χ0v) is 33.4. The molecule has 10 nitrogen and oxygen atoms in total. The Morgan fingerprint density at radius 3 is 2.22 bits per heavy atom. The second-order valence-corrected chi connectivity index (χ2v) is 22.3. The van der Waals surface area contributed by atoms with Crippen LogP contribution in [0.15, 0.2) is 88.1 Å². The number of amides is 1. The maximum absolute atomic E-state index is 13.1. The SMILES string of the molecule is CC(C)(C)[Si](OCC1(C#CC#Cc2ccc3c(c2)oc(=O)n3CCC(C)(C(=O)NOC2CCCCO2)S(C)(=O)=O)CC1)(c1ccccc1)c1ccccc1. The van der Waals surface area contributed by atoms with Gasteiger partial charge in [-0.25, -0.2) is 23.5 Å². The van der Waals surface area contributed by atoms with Crippen molar-refractivity contribution in [3.8, 4) is 23.7 Å². The van der Waals surface area contributed by atoms with Gasteiger partial charge in [-0.15, -0.1) is 0 Å². The number of sulfone groups is 1. The van der Waals surface area contributed by atoms with Crippen molar-refractivity contribution < 1.29 is 31.6 Å². The molecule has 0 spiro atoms. The van der Waals surface area contributed by atoms with Crippen LogP contribution in [0.1, 0.15) is 71.8 Å². The Morgan fingerprint density at radius 2 is 1.65 bits per heavy atom. The molecule has 0 bridgehead atoms. The lowest BCUT2D eigenvalue weighted by Gasteiger charge is -2.43. The largest absolute Gasteiger partial charge is 0.419 e. The van der Waals surface area contributed by atoms with Crippen LogP contribution in [0.25, 0.3) is 11.1 Å². The summed E-state index contributed by atoms with van der Waals surface area (Å²) in [7, 11) is -6.61. The first-order chi connectivity index (χ1) is 25.7. The molecule has 12 heteroatoms. The minimum atomic E-state index is -3.92. The molecule has 1 aromatic heterocycles. The first-order valence-electron chi connectivity index (χ1n) is 18.4. The maximum atomic E-state index is 13.1. The smallest absolute Gasteiger partial charge is 0.408 e. The second kappa shape index (κ2) is 15.7. The lowest BCUT2D eigenvalue weighted by atomic mass is 10.1. The summed E-state index contributed by atoms with van der Waals surface area (Å²) in [6.45, 7) is 9.04. The second-order valence-electron chi connectivity index (χ2n) is 15.5. The van der Waals surface area contributed by atoms with Crippen molar-refractivity contribution in [3.05, 3.63) is 95.0 Å². The third-order valence-electron chi connectivity index (χ3n) is 10.6. The monoisotopic (exact) mass is 768 g/mol. The van der Waals surface area contributed by atoms with Gasteiger partial charge in [-0.05, 0) is 84.5 Å². The van der Waals surface area contributed by atoms with E-state index in [4.69, 9.17) is 18.4 Å². The predicted octanol–water partition coefficient (Wildman–Crippen LogP) is 5.07. The molecule has 1 amide bonds. The quantitative estimate of drug-likeness (QED) is 0.120. The molecule has 54 heavy (non-hydrogen) atoms. The number of nitrogens with zero attached hydrogens (tertiary/aromatic N) is 1. The molecule has 1 saturated heterocycles. The van der Waals surface area contributed by atoms with Crippen molar-refractivity contribution in [2.75, 3.05) is 19.5 Å². The number of rotatable bonds is 12. The molecule has 2 atom stereocenters. The minimum absolute atomic E-state index is 0.0860. The van der Waals surface area contributed by atoms with Crippen molar-refractivity contribution in [1.29, 1.82) is 0 Å². The van der Waals surface area contributed by atoms with E-state index in [1.54, 1.807) is 18.2 Å². The Bertz CT molecular complexity index is 2220. The normalized spacial score (nSPS) is 18.1. The fourth-order valence-corrected chi connectivity index (χ4v) is 12.4. The van der Waals surface area contributed by atoms with Gasteiger partial charge < -0.3 is 13.6 Å². The van der Waals surface area contributed by atoms with E-state index in [2.05, 4.69) is 98.5 Å². The fraction of sp³-hybridized carbons (Fsp3) is 0.429. The molecule has 2 fully saturated rings. The molecule has 6 rings (SSSR count). The van der Waals surface area contributed by atoms with E-state index in [0.29, 0.717) is 36.3 Å². The van der Waals surface area contributed by atoms with Gasteiger partial charge in [0.05, 0.1) is 17.5 Å². The molecule has 4 aromatic rings. The Kier molecular flexibility index (Phi) is 11.4. The molecule has 1 aliphatic heterocycles. The Balaban J connectivity index is 1.15. The van der Waals surface area contributed by atoms with Crippen LogP contribution in [0.5, 0.6) is 0 Å². The Hall–Kier alpha value is -4.43. The van der Waals surface area contributed by atoms with E-state index < -0.39 is 40.9 Å². The predicted molar refractivity (Wildman–Crippen MR) is 211 cm³/mol. The Morgan fingerprint density at radius 1 is 0.981 bits per heavy atom. The van der Waals surface area contributed by atoms with E-state index in [1.165, 1.54) is 21.9 Å². The standard InChI is InChI=1S/C42H48N2O8SSi/c1-40(2,3)54(33-17-8-6-9-18-33,34-19-10-7-11-20-34)50-31-42(25-26-42)24-14-12-16-32-22-23-35-36(30-32)51-39(46)44(35)28-27-41(4,53(5,47)48)38(45)43-52-37-21-13-15-29-49-37/h6-11,17-20,22-23,30,37H,13,15,21,25-29,31H2,1-5H3,(H,43,45). The highest BCUT2D eigenvalue weighted by molar-refractivity contribution is 7.92. The van der Waals surface area contributed by atoms with Crippen LogP contribution in [0, 0.1) is 29.1 Å². The van der Waals surface area contributed by atoms with Crippen molar-refractivity contribution in [2.24, 2.45) is 5.41 Å². The van der Waals surface area contributed by atoms with Gasteiger partial charge in [-0.1, -0.05) is 93.3 Å². The first-order valence-corrected chi connectivity index (χ1v) is 22.2. The lowest BCUT2D eigenvalue weighted by molar-refractivity contribution is -0.201. The summed E-state index contributed by atoms with van der Waals surface area (Å²) in [6.07, 6.45) is 4.39. The number of aromatic nitrogens is 1. The maximum Gasteiger partial charge on any atom is 0.419 e. The zero-order valence-electron chi connectivity index (χ0n) is 31.6. The molecule has 2 heterocycles. The number of fused-ring (bicyclic) bond motifs is 1. The molecule has 1 aliphatic carbocycles. The molecule has 2 aliphatic rings. The number of carbonyl (C=O) groups is 1. The average molecular weight is 769 g/mol. The number of aryl methyl sites for hydroxylation is 1. The van der Waals surface area contributed by atoms with Crippen LogP contribution >= 0.6 is 0 Å². The van der Waals surface area contributed by atoms with E-state index in [0.717, 1.165) is 31.9 Å². The summed E-state index contributed by atoms with van der Waals surface area (Å²) < 4.78 is 43.2. The van der Waals surface area contributed by atoms with Crippen LogP contribution in [-0.4, -0.2) is 57.7 Å². The van der Waals surface area contributed by atoms with Crippen LogP contribution < -0.4 is 21.6 Å². The molecule has 284 valence electrons. The molecule has 3 aromatic carbocycles. The van der Waals surface area contributed by atoms with Gasteiger partial charge in [0.15, 0.2) is 26.5 Å². The van der Waals surface area contributed by atoms with Crippen LogP contribution in [0.3, 0.4) is 0 Å². The average Bonchev–Trinajstić information content (AvgIpc) is 3.85. The fourth-order valence-electron chi connectivity index (χ4n) is 6.91. The lowest BCUT2D eigenvalue weighted by Crippen LogP contribution is -2.67. The number of hydrogen-bond acceptors (Lipinski definition) is 8. The van der Waals surface area contributed by atoms with E-state index in [-0.39, 0.29) is 23.4 Å². The molecular weight excluding hydrogens is 721 g/mol. The summed E-state index contributed by atoms with van der Waals surface area (Å²) in [5, 5.41) is 2.33. The van der Waals surface area contributed by atoms with Crippen LogP contribution in [0.4, 0.5) is 0 Å². The van der Waals surface area contributed by atoms with Crippen molar-refractivity contribution in [2.45, 2.75) is 88.8 Å². The number of hydrogen-bond donors (Lipinski definition) is 1. The van der Waals surface area contributed by atoms with E-state index in [9.17, 15) is 18.0 Å². The highest BCUT2D eigenvalue weighted by atomic mass is 32.2. The van der Waals surface area contributed by atoms with Crippen molar-refractivity contribution >= 4 is 45.5 Å². The van der Waals surface area contributed by atoms with Gasteiger partial charge >= 0.3 is 5.76 Å². The molecule has 1 N–H and O–H groups in total. The highest BCUT2D eigenvalue weighted by Crippen LogP contribution is 2.47. The molecule has 0 radical (unpaired) electrons. The van der Waals surface area contributed by atoms with E-state index in [1.807, 2.05) is 12.1 Å². The van der Waals surface area contributed by atoms with Gasteiger partial charge in [0.1, 0.15) is 0 Å². The van der Waals surface area contributed by atoms with Gasteiger partial charge in [0, 0.05) is 31.4 Å². The molecule has 2 unspecified atom stereocenters. The Labute approximate surface area is 318 Å².